The van der Waals surface area contributed by atoms with E-state index in [4.69, 9.17) is 9.47 Å². The van der Waals surface area contributed by atoms with Gasteiger partial charge >= 0.3 is 0 Å². The van der Waals surface area contributed by atoms with Crippen LogP contribution in [0.2, 0.25) is 0 Å². The van der Waals surface area contributed by atoms with Crippen molar-refractivity contribution in [2.24, 2.45) is 0 Å². The number of hydrogen-bond donors (Lipinski definition) is 3. The number of rotatable bonds is 11. The normalized spacial score (nSPS) is 27.6. The summed E-state index contributed by atoms with van der Waals surface area (Å²) in [5.74, 6) is 0. The van der Waals surface area contributed by atoms with Crippen LogP contribution >= 0.6 is 0 Å². The van der Waals surface area contributed by atoms with E-state index < -0.39 is 24.4 Å². The van der Waals surface area contributed by atoms with Gasteiger partial charge in [0.1, 0.15) is 24.4 Å². The Hall–Kier alpha value is -0.460. The van der Waals surface area contributed by atoms with Gasteiger partial charge in [0.25, 0.3) is 0 Å². The van der Waals surface area contributed by atoms with Gasteiger partial charge in [0, 0.05) is 6.61 Å². The summed E-state index contributed by atoms with van der Waals surface area (Å²) < 4.78 is 10.5. The summed E-state index contributed by atoms with van der Waals surface area (Å²) in [6.45, 7) is 4.48. The monoisotopic (exact) mass is 288 g/mol. The van der Waals surface area contributed by atoms with E-state index in [0.29, 0.717) is 6.61 Å². The molecule has 0 aromatic carbocycles. The molecule has 0 aliphatic carbocycles. The van der Waals surface area contributed by atoms with Gasteiger partial charge in [-0.1, -0.05) is 25.3 Å². The van der Waals surface area contributed by atoms with Crippen LogP contribution in [0.15, 0.2) is 12.7 Å². The number of aliphatic hydroxyl groups excluding tert-OH is 3. The van der Waals surface area contributed by atoms with Gasteiger partial charge in [0.15, 0.2) is 0 Å². The third kappa shape index (κ3) is 6.33. The predicted octanol–water partition coefficient (Wildman–Crippen LogP) is 1.01. The van der Waals surface area contributed by atoms with Crippen molar-refractivity contribution >= 4 is 0 Å². The molecule has 5 nitrogen and oxygen atoms in total. The molecule has 1 rings (SSSR count). The lowest BCUT2D eigenvalue weighted by Gasteiger charge is -2.20. The van der Waals surface area contributed by atoms with Crippen molar-refractivity contribution in [1.29, 1.82) is 0 Å². The van der Waals surface area contributed by atoms with E-state index in [1.54, 1.807) is 0 Å². The van der Waals surface area contributed by atoms with Gasteiger partial charge in [-0.25, -0.2) is 0 Å². The highest BCUT2D eigenvalue weighted by molar-refractivity contribution is 4.87. The smallest absolute Gasteiger partial charge is 0.114 e. The second-order valence-electron chi connectivity index (χ2n) is 5.34. The molecule has 1 aliphatic heterocycles. The standard InChI is InChI=1S/C15H28O5/c1-2-3-4-5-6-7-8-9-19-10-13(17)15-14(18)12(16)11-20-15/h2,12-18H,1,3-11H2/t12-,13+,14+,15+/m1/s1. The summed E-state index contributed by atoms with van der Waals surface area (Å²) in [4.78, 5) is 0. The Kier molecular flexibility index (Phi) is 9.05. The first-order valence-electron chi connectivity index (χ1n) is 7.51. The van der Waals surface area contributed by atoms with Crippen molar-refractivity contribution in [3.8, 4) is 0 Å². The Morgan fingerprint density at radius 1 is 1.20 bits per heavy atom. The van der Waals surface area contributed by atoms with Crippen LogP contribution in [0, 0.1) is 0 Å². The number of unbranched alkanes of at least 4 members (excludes halogenated alkanes) is 5. The minimum Gasteiger partial charge on any atom is -0.388 e. The molecule has 0 saturated carbocycles. The van der Waals surface area contributed by atoms with Crippen molar-refractivity contribution in [2.45, 2.75) is 62.9 Å². The molecule has 1 heterocycles. The minimum absolute atomic E-state index is 0.0631. The number of hydrogen-bond acceptors (Lipinski definition) is 5. The predicted molar refractivity (Wildman–Crippen MR) is 76.5 cm³/mol. The summed E-state index contributed by atoms with van der Waals surface area (Å²) in [7, 11) is 0. The van der Waals surface area contributed by atoms with Gasteiger partial charge < -0.3 is 24.8 Å². The molecular weight excluding hydrogens is 260 g/mol. The number of allylic oxidation sites excluding steroid dienone is 1. The Morgan fingerprint density at radius 2 is 1.90 bits per heavy atom. The SMILES string of the molecule is C=CCCCCCCCOC[C@H](O)[C@@H]1OC[C@@H](O)[C@@H]1O. The van der Waals surface area contributed by atoms with Gasteiger partial charge in [-0.2, -0.15) is 0 Å². The van der Waals surface area contributed by atoms with Crippen LogP contribution in [-0.4, -0.2) is 59.6 Å². The summed E-state index contributed by atoms with van der Waals surface area (Å²) >= 11 is 0. The van der Waals surface area contributed by atoms with Gasteiger partial charge in [-0.05, 0) is 19.3 Å². The van der Waals surface area contributed by atoms with Crippen LogP contribution in [0.25, 0.3) is 0 Å². The molecule has 0 unspecified atom stereocenters. The minimum atomic E-state index is -1.03. The second kappa shape index (κ2) is 10.3. The zero-order chi connectivity index (χ0) is 14.8. The molecule has 0 aromatic heterocycles. The van der Waals surface area contributed by atoms with E-state index in [9.17, 15) is 15.3 Å². The van der Waals surface area contributed by atoms with E-state index in [0.717, 1.165) is 19.3 Å². The molecular formula is C15H28O5. The van der Waals surface area contributed by atoms with E-state index in [-0.39, 0.29) is 13.2 Å². The van der Waals surface area contributed by atoms with Crippen molar-refractivity contribution in [3.05, 3.63) is 12.7 Å². The Balaban J connectivity index is 1.94. The molecule has 118 valence electrons. The van der Waals surface area contributed by atoms with Crippen LogP contribution in [0.3, 0.4) is 0 Å². The maximum absolute atomic E-state index is 9.81. The fourth-order valence-electron chi connectivity index (χ4n) is 2.29. The van der Waals surface area contributed by atoms with Crippen molar-refractivity contribution < 1.29 is 24.8 Å². The average molecular weight is 288 g/mol. The van der Waals surface area contributed by atoms with Crippen molar-refractivity contribution in [1.82, 2.24) is 0 Å². The summed E-state index contributed by atoms with van der Waals surface area (Å²) in [5, 5.41) is 28.7. The first kappa shape index (κ1) is 17.6. The Morgan fingerprint density at radius 3 is 2.55 bits per heavy atom. The highest BCUT2D eigenvalue weighted by atomic mass is 16.5. The Bertz CT molecular complexity index is 259. The third-order valence-electron chi connectivity index (χ3n) is 3.56. The van der Waals surface area contributed by atoms with Crippen molar-refractivity contribution in [3.63, 3.8) is 0 Å². The fourth-order valence-corrected chi connectivity index (χ4v) is 2.29. The van der Waals surface area contributed by atoms with Crippen LogP contribution in [0.5, 0.6) is 0 Å². The molecule has 1 saturated heterocycles. The lowest BCUT2D eigenvalue weighted by Crippen LogP contribution is -2.40. The van der Waals surface area contributed by atoms with E-state index in [1.807, 2.05) is 6.08 Å². The maximum Gasteiger partial charge on any atom is 0.114 e. The molecule has 0 radical (unpaired) electrons. The lowest BCUT2D eigenvalue weighted by molar-refractivity contribution is -0.0813. The zero-order valence-corrected chi connectivity index (χ0v) is 12.1. The average Bonchev–Trinajstić information content (AvgIpc) is 2.77. The van der Waals surface area contributed by atoms with Crippen LogP contribution < -0.4 is 0 Å². The van der Waals surface area contributed by atoms with E-state index in [1.165, 1.54) is 19.3 Å². The Labute approximate surface area is 121 Å². The highest BCUT2D eigenvalue weighted by Crippen LogP contribution is 2.17. The van der Waals surface area contributed by atoms with E-state index >= 15 is 0 Å². The van der Waals surface area contributed by atoms with Crippen molar-refractivity contribution in [2.75, 3.05) is 19.8 Å². The molecule has 5 heteroatoms. The van der Waals surface area contributed by atoms with Crippen LogP contribution in [-0.2, 0) is 9.47 Å². The van der Waals surface area contributed by atoms with Crippen LogP contribution in [0.1, 0.15) is 38.5 Å². The molecule has 4 atom stereocenters. The summed E-state index contributed by atoms with van der Waals surface area (Å²) in [5.41, 5.74) is 0. The van der Waals surface area contributed by atoms with Gasteiger partial charge in [-0.15, -0.1) is 6.58 Å². The molecule has 20 heavy (non-hydrogen) atoms. The first-order valence-corrected chi connectivity index (χ1v) is 7.51. The summed E-state index contributed by atoms with van der Waals surface area (Å²) in [6, 6.07) is 0. The maximum atomic E-state index is 9.81. The number of aliphatic hydroxyl groups is 3. The molecule has 1 aliphatic rings. The second-order valence-corrected chi connectivity index (χ2v) is 5.34. The van der Waals surface area contributed by atoms with Gasteiger partial charge in [0.05, 0.1) is 13.2 Å². The molecule has 3 N–H and O–H groups in total. The topological polar surface area (TPSA) is 79.2 Å². The first-order chi connectivity index (χ1) is 9.66. The largest absolute Gasteiger partial charge is 0.388 e. The molecule has 0 bridgehead atoms. The zero-order valence-electron chi connectivity index (χ0n) is 12.1. The van der Waals surface area contributed by atoms with Crippen LogP contribution in [0.4, 0.5) is 0 Å². The molecule has 1 fully saturated rings. The van der Waals surface area contributed by atoms with E-state index in [2.05, 4.69) is 6.58 Å². The number of ether oxygens (including phenoxy) is 2. The third-order valence-corrected chi connectivity index (χ3v) is 3.56. The fraction of sp³-hybridized carbons (Fsp3) is 0.867. The molecule has 0 amide bonds. The summed E-state index contributed by atoms with van der Waals surface area (Å²) in [6.07, 6.45) is 5.14. The molecule has 0 aromatic rings. The highest BCUT2D eigenvalue weighted by Gasteiger charge is 2.39. The quantitative estimate of drug-likeness (QED) is 0.391. The molecule has 0 spiro atoms. The lowest BCUT2D eigenvalue weighted by atomic mass is 10.1. The van der Waals surface area contributed by atoms with Gasteiger partial charge in [-0.3, -0.25) is 0 Å². The van der Waals surface area contributed by atoms with Gasteiger partial charge in [0.2, 0.25) is 0 Å².